The molecule has 1 nitrogen and oxygen atoms in total. The van der Waals surface area contributed by atoms with Gasteiger partial charge in [0.25, 0.3) is 0 Å². The second-order valence-corrected chi connectivity index (χ2v) is 8.70. The highest BCUT2D eigenvalue weighted by Crippen LogP contribution is 2.49. The van der Waals surface area contributed by atoms with E-state index >= 15 is 0 Å². The maximum absolute atomic E-state index is 2.44. The summed E-state index contributed by atoms with van der Waals surface area (Å²) in [6, 6.07) is 43.8. The van der Waals surface area contributed by atoms with Gasteiger partial charge in [0.1, 0.15) is 0 Å². The van der Waals surface area contributed by atoms with E-state index in [9.17, 15) is 0 Å². The Bertz CT molecular complexity index is 1450. The lowest BCUT2D eigenvalue weighted by molar-refractivity contribution is 1.00. The van der Waals surface area contributed by atoms with Gasteiger partial charge in [-0.05, 0) is 58.7 Å². The SMILES string of the molecule is Cc1ccc(N2C(c3ccccc3)=CC(c3ccccc3)c3c2ccc2ccccc32)cc1. The smallest absolute Gasteiger partial charge is 0.0509 e. The number of aryl methyl sites for hydroxylation is 1. The molecule has 1 atom stereocenters. The molecule has 1 heterocycles. The van der Waals surface area contributed by atoms with Crippen LogP contribution in [-0.2, 0) is 0 Å². The fourth-order valence-electron chi connectivity index (χ4n) is 4.98. The summed E-state index contributed by atoms with van der Waals surface area (Å²) in [6.45, 7) is 2.14. The molecule has 0 aromatic heterocycles. The molecule has 0 N–H and O–H groups in total. The van der Waals surface area contributed by atoms with Crippen molar-refractivity contribution in [3.8, 4) is 0 Å². The Morgan fingerprint density at radius 2 is 1.27 bits per heavy atom. The summed E-state index contributed by atoms with van der Waals surface area (Å²) < 4.78 is 0. The summed E-state index contributed by atoms with van der Waals surface area (Å²) in [5.74, 6) is 0.171. The molecule has 5 aromatic carbocycles. The summed E-state index contributed by atoms with van der Waals surface area (Å²) >= 11 is 0. The van der Waals surface area contributed by atoms with E-state index in [4.69, 9.17) is 0 Å². The van der Waals surface area contributed by atoms with Gasteiger partial charge in [0.05, 0.1) is 11.4 Å². The second-order valence-electron chi connectivity index (χ2n) is 8.70. The third-order valence-corrected chi connectivity index (χ3v) is 6.59. The lowest BCUT2D eigenvalue weighted by Gasteiger charge is -2.37. The number of benzene rings is 5. The molecule has 5 aromatic rings. The quantitative estimate of drug-likeness (QED) is 0.281. The van der Waals surface area contributed by atoms with E-state index in [0.29, 0.717) is 0 Å². The van der Waals surface area contributed by atoms with Crippen molar-refractivity contribution >= 4 is 27.8 Å². The minimum Gasteiger partial charge on any atom is -0.310 e. The molecule has 0 saturated heterocycles. The molecule has 0 radical (unpaired) electrons. The molecule has 0 spiro atoms. The first-order valence-corrected chi connectivity index (χ1v) is 11.5. The van der Waals surface area contributed by atoms with Gasteiger partial charge in [0.2, 0.25) is 0 Å². The van der Waals surface area contributed by atoms with E-state index < -0.39 is 0 Å². The van der Waals surface area contributed by atoms with Crippen molar-refractivity contribution in [3.63, 3.8) is 0 Å². The third-order valence-electron chi connectivity index (χ3n) is 6.59. The fraction of sp³-hybridized carbons (Fsp3) is 0.0625. The fourth-order valence-corrected chi connectivity index (χ4v) is 4.98. The highest BCUT2D eigenvalue weighted by Gasteiger charge is 2.30. The first kappa shape index (κ1) is 19.6. The van der Waals surface area contributed by atoms with Crippen molar-refractivity contribution in [2.45, 2.75) is 12.8 Å². The van der Waals surface area contributed by atoms with Gasteiger partial charge < -0.3 is 4.90 Å². The average molecular weight is 424 g/mol. The van der Waals surface area contributed by atoms with Crippen molar-refractivity contribution in [2.24, 2.45) is 0 Å². The van der Waals surface area contributed by atoms with E-state index in [2.05, 4.69) is 139 Å². The predicted molar refractivity (Wildman–Crippen MR) is 140 cm³/mol. The van der Waals surface area contributed by atoms with E-state index in [1.54, 1.807) is 0 Å². The first-order valence-electron chi connectivity index (χ1n) is 11.5. The lowest BCUT2D eigenvalue weighted by Crippen LogP contribution is -2.23. The standard InChI is InChI=1S/C32H25N/c1-23-16-19-27(20-17-23)33-30-21-18-25-12-8-9-15-28(25)32(30)29(24-10-4-2-5-11-24)22-31(33)26-13-6-3-7-14-26/h2-22,29H,1H3. The molecule has 0 bridgehead atoms. The summed E-state index contributed by atoms with van der Waals surface area (Å²) in [5.41, 5.74) is 8.80. The topological polar surface area (TPSA) is 3.24 Å². The van der Waals surface area contributed by atoms with Crippen molar-refractivity contribution < 1.29 is 0 Å². The molecule has 0 aliphatic carbocycles. The van der Waals surface area contributed by atoms with E-state index in [0.717, 1.165) is 0 Å². The second kappa shape index (κ2) is 8.11. The van der Waals surface area contributed by atoms with Gasteiger partial charge in [0, 0.05) is 11.6 Å². The van der Waals surface area contributed by atoms with Gasteiger partial charge >= 0.3 is 0 Å². The number of hydrogen-bond donors (Lipinski definition) is 0. The Kier molecular flexibility index (Phi) is 4.81. The largest absolute Gasteiger partial charge is 0.310 e. The predicted octanol–water partition coefficient (Wildman–Crippen LogP) is 8.47. The highest BCUT2D eigenvalue weighted by molar-refractivity contribution is 6.00. The molecule has 1 unspecified atom stereocenters. The normalized spacial score (nSPS) is 15.2. The lowest BCUT2D eigenvalue weighted by atomic mass is 9.82. The molecule has 158 valence electrons. The van der Waals surface area contributed by atoms with Crippen molar-refractivity contribution in [1.29, 1.82) is 0 Å². The van der Waals surface area contributed by atoms with Crippen LogP contribution >= 0.6 is 0 Å². The number of anilines is 2. The molecule has 0 saturated carbocycles. The van der Waals surface area contributed by atoms with Gasteiger partial charge in [0.15, 0.2) is 0 Å². The van der Waals surface area contributed by atoms with Gasteiger partial charge in [-0.15, -0.1) is 0 Å². The summed E-state index contributed by atoms with van der Waals surface area (Å²) in [4.78, 5) is 2.43. The average Bonchev–Trinajstić information content (AvgIpc) is 2.89. The summed E-state index contributed by atoms with van der Waals surface area (Å²) in [7, 11) is 0. The van der Waals surface area contributed by atoms with Crippen LogP contribution in [0.3, 0.4) is 0 Å². The van der Waals surface area contributed by atoms with Crippen LogP contribution in [0.5, 0.6) is 0 Å². The molecule has 0 fully saturated rings. The molecule has 1 heteroatoms. The maximum Gasteiger partial charge on any atom is 0.0509 e. The number of nitrogens with zero attached hydrogens (tertiary/aromatic N) is 1. The van der Waals surface area contributed by atoms with Gasteiger partial charge in [-0.1, -0.05) is 109 Å². The van der Waals surface area contributed by atoms with E-state index in [1.165, 1.54) is 50.1 Å². The summed E-state index contributed by atoms with van der Waals surface area (Å²) in [6.07, 6.45) is 2.44. The van der Waals surface area contributed by atoms with Crippen LogP contribution in [-0.4, -0.2) is 0 Å². The van der Waals surface area contributed by atoms with E-state index in [-0.39, 0.29) is 5.92 Å². The third kappa shape index (κ3) is 3.43. The number of allylic oxidation sites excluding steroid dienone is 1. The van der Waals surface area contributed by atoms with Crippen LogP contribution in [0, 0.1) is 6.92 Å². The number of hydrogen-bond acceptors (Lipinski definition) is 1. The monoisotopic (exact) mass is 423 g/mol. The van der Waals surface area contributed by atoms with Crippen LogP contribution < -0.4 is 4.90 Å². The Morgan fingerprint density at radius 1 is 0.606 bits per heavy atom. The first-order chi connectivity index (χ1) is 16.3. The van der Waals surface area contributed by atoms with Gasteiger partial charge in [-0.3, -0.25) is 0 Å². The molecule has 1 aliphatic rings. The zero-order valence-corrected chi connectivity index (χ0v) is 18.6. The van der Waals surface area contributed by atoms with Gasteiger partial charge in [-0.25, -0.2) is 0 Å². The molecule has 1 aliphatic heterocycles. The van der Waals surface area contributed by atoms with Crippen LogP contribution in [0.15, 0.2) is 127 Å². The minimum atomic E-state index is 0.171. The molecular formula is C32H25N. The van der Waals surface area contributed by atoms with Crippen LogP contribution in [0.4, 0.5) is 11.4 Å². The van der Waals surface area contributed by atoms with Crippen molar-refractivity contribution in [3.05, 3.63) is 150 Å². The van der Waals surface area contributed by atoms with Crippen molar-refractivity contribution in [1.82, 2.24) is 0 Å². The van der Waals surface area contributed by atoms with Crippen LogP contribution in [0.1, 0.15) is 28.2 Å². The zero-order valence-electron chi connectivity index (χ0n) is 18.6. The molecule has 33 heavy (non-hydrogen) atoms. The highest BCUT2D eigenvalue weighted by atomic mass is 15.2. The van der Waals surface area contributed by atoms with Crippen LogP contribution in [0.2, 0.25) is 0 Å². The minimum absolute atomic E-state index is 0.171. The Hall–Kier alpha value is -4.10. The Labute approximate surface area is 195 Å². The van der Waals surface area contributed by atoms with E-state index in [1.807, 2.05) is 0 Å². The summed E-state index contributed by atoms with van der Waals surface area (Å²) in [5, 5.41) is 2.59. The maximum atomic E-state index is 2.44. The molecule has 6 rings (SSSR count). The van der Waals surface area contributed by atoms with Gasteiger partial charge in [-0.2, -0.15) is 0 Å². The Morgan fingerprint density at radius 3 is 2.03 bits per heavy atom. The molecular weight excluding hydrogens is 398 g/mol. The molecule has 0 amide bonds. The zero-order chi connectivity index (χ0) is 22.2. The number of fused-ring (bicyclic) bond motifs is 3. The van der Waals surface area contributed by atoms with Crippen molar-refractivity contribution in [2.75, 3.05) is 4.90 Å². The van der Waals surface area contributed by atoms with Crippen LogP contribution in [0.25, 0.3) is 16.5 Å². The Balaban J connectivity index is 1.69. The number of rotatable bonds is 3.